The summed E-state index contributed by atoms with van der Waals surface area (Å²) in [5.74, 6) is 1.94. The van der Waals surface area contributed by atoms with Crippen molar-refractivity contribution in [3.8, 4) is 5.69 Å². The standard InChI is InChI=1S/C14H10N2.C13H8N3.2C9H11N2.C4H9O.3CH4.2Au.ClH.Na/c1-3-7-12-10(5-1)9-14-15-11-6-2-4-8-13(11)16(12)14;1-3-7-11-9(5-1)14-13-15-10-6-2-4-8-12(10)16(11)13;2*1-10-7-11(2)9-6-4-3-5-8(9)10;1-4(2,3)5;;;;;;;/h1-8H,9H2;1-8H;2*3-7H,1-2H3;1-3H3;3*1H4;;;1H;/q;-1;2*+1;-1;;;;;+1;;+1/p-1. The first-order valence-corrected chi connectivity index (χ1v) is 22.6. The summed E-state index contributed by atoms with van der Waals surface area (Å²) in [4.78, 5) is 13.7. The van der Waals surface area contributed by atoms with Crippen LogP contribution in [0.3, 0.4) is 0 Å². The summed E-state index contributed by atoms with van der Waals surface area (Å²) in [6.07, 6.45) is 5.10. The van der Waals surface area contributed by atoms with E-state index in [4.69, 9.17) is 0 Å². The molecular formula is C52H61Au2ClN9NaO+. The summed E-state index contributed by atoms with van der Waals surface area (Å²) in [5, 5.41) is 10.1. The van der Waals surface area contributed by atoms with Gasteiger partial charge in [0, 0.05) is 109 Å². The summed E-state index contributed by atoms with van der Waals surface area (Å²) in [6.45, 7) is 4.90. The second-order valence-electron chi connectivity index (χ2n) is 15.8. The number of para-hydroxylation sites is 11. The largest absolute Gasteiger partial charge is 1.00 e. The van der Waals surface area contributed by atoms with Gasteiger partial charge < -0.3 is 19.5 Å². The average Bonchev–Trinajstić information content (AvgIpc) is 4.10. The van der Waals surface area contributed by atoms with Crippen LogP contribution in [0.4, 0.5) is 0 Å². The van der Waals surface area contributed by atoms with Crippen molar-refractivity contribution >= 4 is 70.1 Å². The minimum Gasteiger partial charge on any atom is -0.366 e. The van der Waals surface area contributed by atoms with E-state index in [0.717, 1.165) is 45.6 Å². The minimum absolute atomic E-state index is 0. The van der Waals surface area contributed by atoms with Crippen molar-refractivity contribution < 1.29 is 77.0 Å². The first-order chi connectivity index (χ1) is 29.4. The Morgan fingerprint density at radius 1 is 0.545 bits per heavy atom. The first-order valence-electron chi connectivity index (χ1n) is 19.9. The van der Waals surface area contributed by atoms with Crippen LogP contribution < -0.4 is 39.6 Å². The molecule has 1 aliphatic heterocycles. The van der Waals surface area contributed by atoms with Gasteiger partial charge in [0.25, 0.3) is 0 Å². The van der Waals surface area contributed by atoms with Gasteiger partial charge in [-0.05, 0) is 48.0 Å². The molecule has 0 aliphatic carbocycles. The van der Waals surface area contributed by atoms with Gasteiger partial charge in [-0.3, -0.25) is 4.57 Å². The molecule has 11 aromatic rings. The van der Waals surface area contributed by atoms with Gasteiger partial charge in [-0.15, -0.1) is 5.60 Å². The van der Waals surface area contributed by atoms with Crippen molar-refractivity contribution in [2.24, 2.45) is 28.2 Å². The van der Waals surface area contributed by atoms with E-state index in [-0.39, 0.29) is 74.2 Å². The topological polar surface area (TPSA) is 92.0 Å². The summed E-state index contributed by atoms with van der Waals surface area (Å²) in [6, 6.07) is 49.8. The van der Waals surface area contributed by atoms with Crippen LogP contribution in [-0.4, -0.2) is 42.8 Å². The number of hydrogen-bond donors (Lipinski definition) is 0. The Labute approximate surface area is 443 Å². The van der Waals surface area contributed by atoms with Crippen LogP contribution in [0.2, 0.25) is 0 Å². The quantitative estimate of drug-likeness (QED) is 0.112. The second kappa shape index (κ2) is 25.7. The molecule has 6 aromatic carbocycles. The summed E-state index contributed by atoms with van der Waals surface area (Å²) in [7, 11) is 12.8. The molecule has 1 radical (unpaired) electrons. The van der Waals surface area contributed by atoms with Gasteiger partial charge in [0.15, 0.2) is 12.7 Å². The van der Waals surface area contributed by atoms with Gasteiger partial charge in [-0.25, -0.2) is 23.3 Å². The van der Waals surface area contributed by atoms with Crippen LogP contribution in [0.1, 0.15) is 54.4 Å². The third-order valence-corrected chi connectivity index (χ3v) is 10.1. The number of rotatable bonds is 0. The fourth-order valence-electron chi connectivity index (χ4n) is 7.58. The van der Waals surface area contributed by atoms with Crippen molar-refractivity contribution in [1.29, 1.82) is 0 Å². The van der Waals surface area contributed by atoms with Crippen molar-refractivity contribution in [1.82, 2.24) is 42.2 Å². The van der Waals surface area contributed by atoms with E-state index < -0.39 is 5.60 Å². The van der Waals surface area contributed by atoms with E-state index in [1.807, 2.05) is 42.5 Å². The molecule has 0 bridgehead atoms. The predicted octanol–water partition coefficient (Wildman–Crippen LogP) is 8.87. The van der Waals surface area contributed by atoms with Gasteiger partial charge in [0.05, 0.1) is 16.7 Å². The zero-order chi connectivity index (χ0) is 43.3. The maximum absolute atomic E-state index is 10.1. The van der Waals surface area contributed by atoms with Gasteiger partial charge in [-0.1, -0.05) is 122 Å². The van der Waals surface area contributed by atoms with E-state index in [9.17, 15) is 5.11 Å². The molecule has 14 heteroatoms. The molecule has 0 N–H and O–H groups in total. The van der Waals surface area contributed by atoms with Crippen molar-refractivity contribution in [3.05, 3.63) is 170 Å². The molecule has 6 heterocycles. The number of halogens is 1. The number of aromatic nitrogens is 9. The maximum atomic E-state index is 10.1. The zero-order valence-corrected chi connectivity index (χ0v) is 43.7. The molecule has 0 fully saturated rings. The van der Waals surface area contributed by atoms with Crippen LogP contribution in [0.5, 0.6) is 0 Å². The molecule has 1 aliphatic rings. The second-order valence-corrected chi connectivity index (χ2v) is 15.8. The fraction of sp³-hybridized carbons (Fsp3) is 0.231. The molecule has 0 unspecified atom stereocenters. The number of benzene rings is 6. The van der Waals surface area contributed by atoms with E-state index in [2.05, 4.69) is 195 Å². The number of nitrogens with zero attached hydrogens (tertiary/aromatic N) is 9. The van der Waals surface area contributed by atoms with Crippen molar-refractivity contribution in [2.45, 2.75) is 55.1 Å². The molecule has 66 heavy (non-hydrogen) atoms. The Morgan fingerprint density at radius 2 is 0.909 bits per heavy atom. The van der Waals surface area contributed by atoms with Crippen molar-refractivity contribution in [3.63, 3.8) is 0 Å². The minimum atomic E-state index is -0.750. The monoisotopic (exact) mass is 1280 g/mol. The number of imidazole rings is 5. The Kier molecular flexibility index (Phi) is 22.6. The predicted molar refractivity (Wildman–Crippen MR) is 266 cm³/mol. The Morgan fingerprint density at radius 3 is 1.39 bits per heavy atom. The van der Waals surface area contributed by atoms with Gasteiger partial charge in [0.2, 0.25) is 22.1 Å². The molecule has 12 rings (SSSR count). The van der Waals surface area contributed by atoms with Crippen LogP contribution >= 0.6 is 9.19 Å². The summed E-state index contributed by atoms with van der Waals surface area (Å²) >= 11 is 1.75. The fourth-order valence-corrected chi connectivity index (χ4v) is 7.58. The van der Waals surface area contributed by atoms with Crippen LogP contribution in [0.15, 0.2) is 158 Å². The summed E-state index contributed by atoms with van der Waals surface area (Å²) < 4.78 is 12.9. The smallest absolute Gasteiger partial charge is 0.366 e. The molecule has 10 nitrogen and oxygen atoms in total. The SMILES string of the molecule is C.C.C.CC(C)(C)[O-].Cn1[cH+]n(C)c2ccccc21.Cn1[cH+]n(C)c2ccccc21.[Au].[Cl][Au].[Na+].c1ccc2c(c1)Cc1nc3ccccc3n1-2.c1ccc2c(c1)nc1[n-]c3ccccc3n12. The van der Waals surface area contributed by atoms with E-state index in [1.54, 1.807) is 40.8 Å². The maximum Gasteiger partial charge on any atom is 1.00 e. The molecule has 0 atom stereocenters. The molecule has 0 saturated carbocycles. The number of aryl methyl sites for hydroxylation is 4. The van der Waals surface area contributed by atoms with Gasteiger partial charge in [0.1, 0.15) is 5.82 Å². The Hall–Kier alpha value is -4.27. The third kappa shape index (κ3) is 13.0. The number of fused-ring (bicyclic) bond motifs is 12. The van der Waals surface area contributed by atoms with Crippen LogP contribution in [0, 0.1) is 0 Å². The molecule has 0 saturated heterocycles. The third-order valence-electron chi connectivity index (χ3n) is 10.1. The Balaban J connectivity index is 0.000000285. The first kappa shape index (κ1) is 57.9. The molecule has 5 aromatic heterocycles. The van der Waals surface area contributed by atoms with Crippen molar-refractivity contribution in [2.75, 3.05) is 0 Å². The van der Waals surface area contributed by atoms with Gasteiger partial charge in [-0.2, -0.15) is 0 Å². The average molecular weight is 1280 g/mol. The summed E-state index contributed by atoms with van der Waals surface area (Å²) in [5.41, 5.74) is 13.5. The van der Waals surface area contributed by atoms with E-state index in [1.165, 1.54) is 38.8 Å². The zero-order valence-electron chi connectivity index (χ0n) is 36.6. The molecular weight excluding hydrogens is 1220 g/mol. The van der Waals surface area contributed by atoms with Gasteiger partial charge >= 0.3 is 58.7 Å². The molecule has 349 valence electrons. The Bertz CT molecular complexity index is 3010. The normalized spacial score (nSPS) is 10.5. The molecule has 0 amide bonds. The molecule has 0 spiro atoms. The number of hydrogen-bond acceptors (Lipinski definition) is 3. The van der Waals surface area contributed by atoms with E-state index in [0.29, 0.717) is 0 Å². The van der Waals surface area contributed by atoms with Crippen LogP contribution in [-0.2, 0) is 77.0 Å². The van der Waals surface area contributed by atoms with Crippen LogP contribution in [0.25, 0.3) is 66.6 Å². The van der Waals surface area contributed by atoms with E-state index >= 15 is 0 Å².